The molecule has 0 spiro atoms. The Morgan fingerprint density at radius 1 is 1.47 bits per heavy atom. The summed E-state index contributed by atoms with van der Waals surface area (Å²) in [5.41, 5.74) is 1.03. The van der Waals surface area contributed by atoms with Gasteiger partial charge in [0.15, 0.2) is 0 Å². The maximum absolute atomic E-state index is 6.23. The molecule has 1 aliphatic rings. The van der Waals surface area contributed by atoms with E-state index in [1.807, 2.05) is 0 Å². The van der Waals surface area contributed by atoms with E-state index in [0.29, 0.717) is 17.2 Å². The minimum atomic E-state index is 0.308. The van der Waals surface area contributed by atoms with Crippen molar-refractivity contribution < 1.29 is 4.74 Å². The van der Waals surface area contributed by atoms with E-state index in [0.717, 1.165) is 43.9 Å². The first-order chi connectivity index (χ1) is 9.13. The molecule has 0 radical (unpaired) electrons. The van der Waals surface area contributed by atoms with Crippen molar-refractivity contribution in [1.29, 1.82) is 0 Å². The number of aromatic nitrogens is 2. The molecule has 1 aliphatic heterocycles. The minimum Gasteiger partial charge on any atom is -0.376 e. The molecule has 1 aromatic rings. The van der Waals surface area contributed by atoms with Crippen LogP contribution in [-0.2, 0) is 4.74 Å². The van der Waals surface area contributed by atoms with E-state index in [9.17, 15) is 0 Å². The highest BCUT2D eigenvalue weighted by molar-refractivity contribution is 6.30. The fourth-order valence-corrected chi connectivity index (χ4v) is 2.86. The van der Waals surface area contributed by atoms with Gasteiger partial charge in [-0.1, -0.05) is 25.4 Å². The molecular formula is C14H22ClN3O. The summed E-state index contributed by atoms with van der Waals surface area (Å²) in [6.45, 7) is 9.03. The summed E-state index contributed by atoms with van der Waals surface area (Å²) < 4.78 is 5.72. The Bertz CT molecular complexity index is 419. The summed E-state index contributed by atoms with van der Waals surface area (Å²) in [4.78, 5) is 10.8. The highest BCUT2D eigenvalue weighted by Gasteiger charge is 2.23. The number of halogens is 1. The zero-order chi connectivity index (χ0) is 13.8. The van der Waals surface area contributed by atoms with Gasteiger partial charge in [0.05, 0.1) is 6.10 Å². The lowest BCUT2D eigenvalue weighted by atomic mass is 10.1. The van der Waals surface area contributed by atoms with Crippen LogP contribution in [0.15, 0.2) is 6.33 Å². The normalized spacial score (nSPS) is 19.1. The summed E-state index contributed by atoms with van der Waals surface area (Å²) in [5.74, 6) is 1.26. The van der Waals surface area contributed by atoms with Crippen LogP contribution in [0.3, 0.4) is 0 Å². The number of rotatable bonds is 5. The van der Waals surface area contributed by atoms with Gasteiger partial charge in [-0.15, -0.1) is 0 Å². The zero-order valence-corrected chi connectivity index (χ0v) is 12.7. The van der Waals surface area contributed by atoms with Crippen LogP contribution >= 0.6 is 11.6 Å². The summed E-state index contributed by atoms with van der Waals surface area (Å²) in [6, 6.07) is 0. The smallest absolute Gasteiger partial charge is 0.138 e. The van der Waals surface area contributed by atoms with Gasteiger partial charge in [-0.2, -0.15) is 0 Å². The molecule has 1 unspecified atom stereocenters. The predicted molar refractivity (Wildman–Crippen MR) is 78.0 cm³/mol. The molecule has 0 amide bonds. The quantitative estimate of drug-likeness (QED) is 0.778. The van der Waals surface area contributed by atoms with Crippen molar-refractivity contribution in [3.05, 3.63) is 17.0 Å². The maximum Gasteiger partial charge on any atom is 0.138 e. The molecule has 106 valence electrons. The van der Waals surface area contributed by atoms with Crippen molar-refractivity contribution in [2.45, 2.75) is 45.6 Å². The monoisotopic (exact) mass is 283 g/mol. The number of hydrogen-bond acceptors (Lipinski definition) is 4. The average molecular weight is 284 g/mol. The largest absolute Gasteiger partial charge is 0.376 e. The molecule has 1 fully saturated rings. The van der Waals surface area contributed by atoms with Gasteiger partial charge < -0.3 is 9.64 Å². The molecule has 1 saturated heterocycles. The van der Waals surface area contributed by atoms with Gasteiger partial charge in [0.2, 0.25) is 0 Å². The van der Waals surface area contributed by atoms with Crippen LogP contribution in [0.25, 0.3) is 0 Å². The van der Waals surface area contributed by atoms with Crippen molar-refractivity contribution >= 4 is 17.4 Å². The third-order valence-electron chi connectivity index (χ3n) is 3.52. The van der Waals surface area contributed by atoms with E-state index in [-0.39, 0.29) is 0 Å². The zero-order valence-electron chi connectivity index (χ0n) is 11.9. The second-order valence-corrected chi connectivity index (χ2v) is 5.59. The number of hydrogen-bond donors (Lipinski definition) is 0. The molecule has 1 aromatic heterocycles. The van der Waals surface area contributed by atoms with E-state index in [4.69, 9.17) is 16.3 Å². The predicted octanol–water partition coefficient (Wildman–Crippen LogP) is 3.26. The van der Waals surface area contributed by atoms with Crippen molar-refractivity contribution in [3.63, 3.8) is 0 Å². The van der Waals surface area contributed by atoms with Crippen molar-refractivity contribution in [3.8, 4) is 0 Å². The molecule has 0 N–H and O–H groups in total. The minimum absolute atomic E-state index is 0.308. The summed E-state index contributed by atoms with van der Waals surface area (Å²) in [6.07, 6.45) is 4.14. The average Bonchev–Trinajstić information content (AvgIpc) is 2.88. The van der Waals surface area contributed by atoms with Crippen LogP contribution in [0.1, 0.15) is 45.1 Å². The Morgan fingerprint density at radius 2 is 2.26 bits per heavy atom. The van der Waals surface area contributed by atoms with Crippen LogP contribution < -0.4 is 4.90 Å². The van der Waals surface area contributed by atoms with Crippen LogP contribution in [0.5, 0.6) is 0 Å². The third-order valence-corrected chi connectivity index (χ3v) is 3.82. The number of anilines is 1. The molecule has 5 heteroatoms. The number of nitrogens with zero attached hydrogens (tertiary/aromatic N) is 3. The van der Waals surface area contributed by atoms with Gasteiger partial charge in [0.1, 0.15) is 17.3 Å². The lowest BCUT2D eigenvalue weighted by molar-refractivity contribution is 0.115. The number of likely N-dealkylation sites (N-methyl/N-ethyl adjacent to an activating group) is 1. The Balaban J connectivity index is 2.24. The highest BCUT2D eigenvalue weighted by atomic mass is 35.5. The van der Waals surface area contributed by atoms with Crippen molar-refractivity contribution in [2.24, 2.45) is 0 Å². The van der Waals surface area contributed by atoms with E-state index < -0.39 is 0 Å². The van der Waals surface area contributed by atoms with E-state index >= 15 is 0 Å². The van der Waals surface area contributed by atoms with Crippen molar-refractivity contribution in [1.82, 2.24) is 9.97 Å². The summed E-state index contributed by atoms with van der Waals surface area (Å²) >= 11 is 6.23. The molecule has 2 heterocycles. The van der Waals surface area contributed by atoms with Crippen molar-refractivity contribution in [2.75, 3.05) is 24.6 Å². The Hall–Kier alpha value is -0.870. The lowest BCUT2D eigenvalue weighted by Crippen LogP contribution is -2.33. The van der Waals surface area contributed by atoms with E-state index in [1.54, 1.807) is 6.33 Å². The molecule has 0 aliphatic carbocycles. The molecule has 0 saturated carbocycles. The SMILES string of the molecule is CCN(CC1CCCO1)c1ncnc(Cl)c1C(C)C. The highest BCUT2D eigenvalue weighted by Crippen LogP contribution is 2.31. The van der Waals surface area contributed by atoms with Gasteiger partial charge in [0.25, 0.3) is 0 Å². The van der Waals surface area contributed by atoms with Gasteiger partial charge in [-0.25, -0.2) is 9.97 Å². The number of ether oxygens (including phenoxy) is 1. The van der Waals surface area contributed by atoms with Gasteiger partial charge in [-0.05, 0) is 25.7 Å². The Morgan fingerprint density at radius 3 is 2.84 bits per heavy atom. The molecule has 0 aromatic carbocycles. The fourth-order valence-electron chi connectivity index (χ4n) is 2.51. The first-order valence-corrected chi connectivity index (χ1v) is 7.38. The Labute approximate surface area is 120 Å². The van der Waals surface area contributed by atoms with E-state index in [2.05, 4.69) is 35.6 Å². The van der Waals surface area contributed by atoms with Crippen LogP contribution in [0.4, 0.5) is 5.82 Å². The summed E-state index contributed by atoms with van der Waals surface area (Å²) in [7, 11) is 0. The third kappa shape index (κ3) is 3.37. The molecule has 4 nitrogen and oxygen atoms in total. The topological polar surface area (TPSA) is 38.2 Å². The molecule has 0 bridgehead atoms. The maximum atomic E-state index is 6.23. The van der Waals surface area contributed by atoms with Gasteiger partial charge >= 0.3 is 0 Å². The second kappa shape index (κ2) is 6.53. The van der Waals surface area contributed by atoms with Gasteiger partial charge in [0, 0.05) is 25.3 Å². The molecule has 19 heavy (non-hydrogen) atoms. The summed E-state index contributed by atoms with van der Waals surface area (Å²) in [5, 5.41) is 0.561. The van der Waals surface area contributed by atoms with Crippen LogP contribution in [0.2, 0.25) is 5.15 Å². The first kappa shape index (κ1) is 14.5. The molecular weight excluding hydrogens is 262 g/mol. The standard InChI is InChI=1S/C14H22ClN3O/c1-4-18(8-11-6-5-7-19-11)14-12(10(2)3)13(15)16-9-17-14/h9-11H,4-8H2,1-3H3. The Kier molecular flexibility index (Phi) is 4.99. The van der Waals surface area contributed by atoms with Crippen LogP contribution in [0, 0.1) is 0 Å². The van der Waals surface area contributed by atoms with Crippen LogP contribution in [-0.4, -0.2) is 35.8 Å². The molecule has 2 rings (SSSR count). The van der Waals surface area contributed by atoms with Gasteiger partial charge in [-0.3, -0.25) is 0 Å². The first-order valence-electron chi connectivity index (χ1n) is 7.00. The second-order valence-electron chi connectivity index (χ2n) is 5.23. The fraction of sp³-hybridized carbons (Fsp3) is 0.714. The van der Waals surface area contributed by atoms with E-state index in [1.165, 1.54) is 0 Å². The molecule has 1 atom stereocenters. The lowest BCUT2D eigenvalue weighted by Gasteiger charge is -2.28.